The summed E-state index contributed by atoms with van der Waals surface area (Å²) >= 11 is 0. The van der Waals surface area contributed by atoms with Gasteiger partial charge < -0.3 is 21.1 Å². The summed E-state index contributed by atoms with van der Waals surface area (Å²) in [7, 11) is 0. The van der Waals surface area contributed by atoms with Crippen LogP contribution in [0.25, 0.3) is 0 Å². The van der Waals surface area contributed by atoms with Gasteiger partial charge in [-0.05, 0) is 24.0 Å². The first kappa shape index (κ1) is 13.3. The quantitative estimate of drug-likeness (QED) is 0.811. The molecule has 1 fully saturated rings. The van der Waals surface area contributed by atoms with E-state index in [1.54, 1.807) is 0 Å². The van der Waals surface area contributed by atoms with Crippen molar-refractivity contribution in [3.8, 4) is 0 Å². The maximum Gasteiger partial charge on any atom is 0.231 e. The summed E-state index contributed by atoms with van der Waals surface area (Å²) in [6.45, 7) is 2.30. The van der Waals surface area contributed by atoms with Gasteiger partial charge in [-0.25, -0.2) is 0 Å². The molecule has 22 heavy (non-hydrogen) atoms. The van der Waals surface area contributed by atoms with Gasteiger partial charge in [-0.1, -0.05) is 24.3 Å². The Balaban J connectivity index is 1.56. The van der Waals surface area contributed by atoms with Crippen molar-refractivity contribution in [2.24, 2.45) is 0 Å². The number of hydrogen-bond donors (Lipinski definition) is 2. The minimum absolute atomic E-state index is 0.158. The standard InChI is InChI=1S/C15H18N6O/c16-12-18-13(17)20-14(19-12)21-7-5-15(6-8-21)11-4-2-1-3-10(11)9-22-15/h1-4H,5-9H2,(H4,16,17,18,19,20). The molecule has 2 aliphatic rings. The van der Waals surface area contributed by atoms with Gasteiger partial charge >= 0.3 is 0 Å². The monoisotopic (exact) mass is 298 g/mol. The molecule has 4 rings (SSSR count). The second kappa shape index (κ2) is 4.81. The normalized spacial score (nSPS) is 19.4. The predicted octanol–water partition coefficient (Wildman–Crippen LogP) is 1.06. The molecule has 1 spiro atoms. The Morgan fingerprint density at radius 1 is 1.00 bits per heavy atom. The zero-order chi connectivity index (χ0) is 15.2. The summed E-state index contributed by atoms with van der Waals surface area (Å²) in [5, 5.41) is 0. The fourth-order valence-electron chi connectivity index (χ4n) is 3.40. The third kappa shape index (κ3) is 2.05. The van der Waals surface area contributed by atoms with Crippen molar-refractivity contribution in [3.63, 3.8) is 0 Å². The van der Waals surface area contributed by atoms with Crippen LogP contribution in [-0.4, -0.2) is 28.0 Å². The van der Waals surface area contributed by atoms with Crippen LogP contribution in [-0.2, 0) is 16.9 Å². The second-order valence-electron chi connectivity index (χ2n) is 5.78. The molecule has 0 saturated carbocycles. The highest BCUT2D eigenvalue weighted by Gasteiger charge is 2.42. The van der Waals surface area contributed by atoms with Crippen LogP contribution in [0.3, 0.4) is 0 Å². The molecule has 7 heteroatoms. The van der Waals surface area contributed by atoms with Gasteiger partial charge in [-0.15, -0.1) is 0 Å². The van der Waals surface area contributed by atoms with E-state index in [-0.39, 0.29) is 17.5 Å². The fourth-order valence-corrected chi connectivity index (χ4v) is 3.40. The number of benzene rings is 1. The van der Waals surface area contributed by atoms with Crippen LogP contribution in [0.5, 0.6) is 0 Å². The first-order valence-corrected chi connectivity index (χ1v) is 7.41. The highest BCUT2D eigenvalue weighted by Crippen LogP contribution is 2.44. The van der Waals surface area contributed by atoms with E-state index >= 15 is 0 Å². The van der Waals surface area contributed by atoms with Gasteiger partial charge in [0.05, 0.1) is 12.2 Å². The van der Waals surface area contributed by atoms with E-state index in [9.17, 15) is 0 Å². The Kier molecular flexibility index (Phi) is 2.90. The van der Waals surface area contributed by atoms with Gasteiger partial charge in [-0.3, -0.25) is 0 Å². The maximum absolute atomic E-state index is 6.15. The first-order valence-electron chi connectivity index (χ1n) is 7.41. The topological polar surface area (TPSA) is 103 Å². The molecule has 1 aromatic heterocycles. The number of anilines is 3. The molecule has 2 aromatic rings. The number of nitrogen functional groups attached to an aromatic ring is 2. The van der Waals surface area contributed by atoms with Crippen molar-refractivity contribution in [1.82, 2.24) is 15.0 Å². The molecule has 7 nitrogen and oxygen atoms in total. The lowest BCUT2D eigenvalue weighted by Gasteiger charge is -2.39. The molecule has 4 N–H and O–H groups in total. The number of aromatic nitrogens is 3. The number of fused-ring (bicyclic) bond motifs is 2. The smallest absolute Gasteiger partial charge is 0.231 e. The average Bonchev–Trinajstić information content (AvgIpc) is 2.86. The van der Waals surface area contributed by atoms with Crippen LogP contribution in [0, 0.1) is 0 Å². The second-order valence-corrected chi connectivity index (χ2v) is 5.78. The van der Waals surface area contributed by atoms with E-state index < -0.39 is 0 Å². The van der Waals surface area contributed by atoms with Gasteiger partial charge in [-0.2, -0.15) is 15.0 Å². The van der Waals surface area contributed by atoms with E-state index in [4.69, 9.17) is 16.2 Å². The molecule has 0 radical (unpaired) electrons. The molecule has 114 valence electrons. The Morgan fingerprint density at radius 2 is 1.68 bits per heavy atom. The Hall–Kier alpha value is -2.41. The number of piperidine rings is 1. The van der Waals surface area contributed by atoms with Crippen molar-refractivity contribution in [3.05, 3.63) is 35.4 Å². The van der Waals surface area contributed by atoms with E-state index in [0.29, 0.717) is 12.6 Å². The molecule has 0 unspecified atom stereocenters. The first-order chi connectivity index (χ1) is 10.7. The molecule has 0 atom stereocenters. The van der Waals surface area contributed by atoms with Crippen LogP contribution in [0.15, 0.2) is 24.3 Å². The number of nitrogens with zero attached hydrogens (tertiary/aromatic N) is 4. The van der Waals surface area contributed by atoms with Crippen LogP contribution in [0.2, 0.25) is 0 Å². The summed E-state index contributed by atoms with van der Waals surface area (Å²) in [5.74, 6) is 0.863. The van der Waals surface area contributed by atoms with Crippen LogP contribution in [0.4, 0.5) is 17.8 Å². The van der Waals surface area contributed by atoms with Crippen molar-refractivity contribution in [1.29, 1.82) is 0 Å². The van der Waals surface area contributed by atoms with E-state index in [0.717, 1.165) is 25.9 Å². The SMILES string of the molecule is Nc1nc(N)nc(N2CCC3(CC2)OCc2ccccc23)n1. The van der Waals surface area contributed by atoms with Crippen molar-refractivity contribution in [2.45, 2.75) is 25.0 Å². The fraction of sp³-hybridized carbons (Fsp3) is 0.400. The van der Waals surface area contributed by atoms with Gasteiger partial charge in [0, 0.05) is 13.1 Å². The minimum Gasteiger partial charge on any atom is -0.368 e. The maximum atomic E-state index is 6.15. The van der Waals surface area contributed by atoms with Gasteiger partial charge in [0.2, 0.25) is 17.8 Å². The lowest BCUT2D eigenvalue weighted by molar-refractivity contribution is -0.0552. The van der Waals surface area contributed by atoms with Crippen LogP contribution >= 0.6 is 0 Å². The zero-order valence-corrected chi connectivity index (χ0v) is 12.2. The lowest BCUT2D eigenvalue weighted by atomic mass is 9.84. The van der Waals surface area contributed by atoms with Crippen molar-refractivity contribution in [2.75, 3.05) is 29.5 Å². The van der Waals surface area contributed by atoms with E-state index in [2.05, 4.69) is 44.1 Å². The lowest BCUT2D eigenvalue weighted by Crippen LogP contribution is -2.43. The highest BCUT2D eigenvalue weighted by atomic mass is 16.5. The van der Waals surface area contributed by atoms with Crippen molar-refractivity contribution >= 4 is 17.8 Å². The predicted molar refractivity (Wildman–Crippen MR) is 83.0 cm³/mol. The van der Waals surface area contributed by atoms with Crippen LogP contribution in [0.1, 0.15) is 24.0 Å². The summed E-state index contributed by atoms with van der Waals surface area (Å²) in [6.07, 6.45) is 1.80. The molecular weight excluding hydrogens is 280 g/mol. The molecule has 1 saturated heterocycles. The summed E-state index contributed by atoms with van der Waals surface area (Å²) < 4.78 is 6.15. The minimum atomic E-state index is -0.169. The zero-order valence-electron chi connectivity index (χ0n) is 12.2. The van der Waals surface area contributed by atoms with Crippen molar-refractivity contribution < 1.29 is 4.74 Å². The Labute approximate surface area is 128 Å². The van der Waals surface area contributed by atoms with E-state index in [1.165, 1.54) is 11.1 Å². The molecule has 0 aliphatic carbocycles. The third-order valence-corrected chi connectivity index (χ3v) is 4.52. The average molecular weight is 298 g/mol. The highest BCUT2D eigenvalue weighted by molar-refractivity contribution is 5.42. The third-order valence-electron chi connectivity index (χ3n) is 4.52. The number of nitrogens with two attached hydrogens (primary N) is 2. The largest absolute Gasteiger partial charge is 0.368 e. The summed E-state index contributed by atoms with van der Waals surface area (Å²) in [4.78, 5) is 14.3. The summed E-state index contributed by atoms with van der Waals surface area (Å²) in [5.41, 5.74) is 13.8. The van der Waals surface area contributed by atoms with Gasteiger partial charge in [0.15, 0.2) is 0 Å². The molecule has 2 aliphatic heterocycles. The molecule has 1 aromatic carbocycles. The number of hydrogen-bond acceptors (Lipinski definition) is 7. The van der Waals surface area contributed by atoms with E-state index in [1.807, 2.05) is 0 Å². The number of rotatable bonds is 1. The Morgan fingerprint density at radius 3 is 2.41 bits per heavy atom. The molecular formula is C15H18N6O. The van der Waals surface area contributed by atoms with Gasteiger partial charge in [0.25, 0.3) is 0 Å². The number of ether oxygens (including phenoxy) is 1. The van der Waals surface area contributed by atoms with Crippen LogP contribution < -0.4 is 16.4 Å². The molecule has 0 bridgehead atoms. The Bertz CT molecular complexity index is 691. The molecule has 0 amide bonds. The summed E-state index contributed by atoms with van der Waals surface area (Å²) in [6, 6.07) is 8.46. The molecule has 3 heterocycles. The van der Waals surface area contributed by atoms with Gasteiger partial charge in [0.1, 0.15) is 0 Å².